The molecule has 2 N–H and O–H groups in total. The number of piperazine rings is 1. The molecule has 0 amide bonds. The largest absolute Gasteiger partial charge is 0.369 e. The normalized spacial score (nSPS) is 23.6. The van der Waals surface area contributed by atoms with Crippen LogP contribution < -0.4 is 15.5 Å². The average Bonchev–Trinajstić information content (AvgIpc) is 2.99. The van der Waals surface area contributed by atoms with Gasteiger partial charge in [-0.15, -0.1) is 5.10 Å². The summed E-state index contributed by atoms with van der Waals surface area (Å²) >= 11 is 0. The number of anilines is 1. The van der Waals surface area contributed by atoms with Crippen LogP contribution in [-0.4, -0.2) is 47.3 Å². The fraction of sp³-hybridized carbons (Fsp3) is 0.600. The van der Waals surface area contributed by atoms with Crippen LogP contribution >= 0.6 is 0 Å². The molecule has 2 aromatic rings. The lowest BCUT2D eigenvalue weighted by molar-refractivity contribution is 0.397. The molecule has 21 heavy (non-hydrogen) atoms. The Hall–Kier alpha value is -1.66. The molecule has 0 radical (unpaired) electrons. The summed E-state index contributed by atoms with van der Waals surface area (Å²) in [7, 11) is 0. The van der Waals surface area contributed by atoms with Crippen LogP contribution in [0.5, 0.6) is 0 Å². The Kier molecular flexibility index (Phi) is 3.48. The molecule has 4 rings (SSSR count). The highest BCUT2D eigenvalue weighted by atomic mass is 15.3. The molecule has 2 aromatic heterocycles. The van der Waals surface area contributed by atoms with Crippen molar-refractivity contribution in [1.29, 1.82) is 0 Å². The van der Waals surface area contributed by atoms with Crippen LogP contribution in [0.3, 0.4) is 0 Å². The second-order valence-electron chi connectivity index (χ2n) is 5.90. The van der Waals surface area contributed by atoms with E-state index in [0.29, 0.717) is 6.04 Å². The number of fused-ring (bicyclic) bond motifs is 1. The van der Waals surface area contributed by atoms with Crippen LogP contribution in [0.25, 0.3) is 5.65 Å². The first-order chi connectivity index (χ1) is 10.4. The van der Waals surface area contributed by atoms with Crippen molar-refractivity contribution >= 4 is 11.3 Å². The van der Waals surface area contributed by atoms with E-state index in [0.717, 1.165) is 50.6 Å². The van der Waals surface area contributed by atoms with Crippen LogP contribution in [0.4, 0.5) is 5.69 Å². The van der Waals surface area contributed by atoms with Gasteiger partial charge in [-0.2, -0.15) is 0 Å². The van der Waals surface area contributed by atoms with Crippen molar-refractivity contribution in [3.05, 3.63) is 24.2 Å². The Labute approximate surface area is 124 Å². The maximum absolute atomic E-state index is 4.74. The van der Waals surface area contributed by atoms with Crippen molar-refractivity contribution in [3.8, 4) is 0 Å². The van der Waals surface area contributed by atoms with Gasteiger partial charge in [-0.05, 0) is 25.5 Å². The highest BCUT2D eigenvalue weighted by molar-refractivity contribution is 5.56. The van der Waals surface area contributed by atoms with Crippen LogP contribution in [0.15, 0.2) is 18.3 Å². The molecule has 0 spiro atoms. The first-order valence-corrected chi connectivity index (χ1v) is 7.95. The average molecular weight is 286 g/mol. The van der Waals surface area contributed by atoms with Crippen molar-refractivity contribution < 1.29 is 0 Å². The lowest BCUT2D eigenvalue weighted by atomic mass is 10.0. The summed E-state index contributed by atoms with van der Waals surface area (Å²) in [6, 6.07) is 4.62. The summed E-state index contributed by atoms with van der Waals surface area (Å²) in [5, 5.41) is 11.5. The van der Waals surface area contributed by atoms with Crippen LogP contribution in [0.2, 0.25) is 0 Å². The maximum atomic E-state index is 4.74. The first-order valence-electron chi connectivity index (χ1n) is 7.95. The van der Waals surface area contributed by atoms with E-state index in [4.69, 9.17) is 4.98 Å². The molecule has 0 aliphatic carbocycles. The predicted molar refractivity (Wildman–Crippen MR) is 82.7 cm³/mol. The molecule has 6 heteroatoms. The number of pyridine rings is 1. The minimum Gasteiger partial charge on any atom is -0.369 e. The van der Waals surface area contributed by atoms with Crippen molar-refractivity contribution in [3.63, 3.8) is 0 Å². The quantitative estimate of drug-likeness (QED) is 0.861. The molecular formula is C15H22N6. The Morgan fingerprint density at radius 1 is 1.14 bits per heavy atom. The van der Waals surface area contributed by atoms with E-state index in [2.05, 4.69) is 32.8 Å². The zero-order valence-corrected chi connectivity index (χ0v) is 12.3. The molecule has 1 atom stereocenters. The summed E-state index contributed by atoms with van der Waals surface area (Å²) < 4.78 is 1.90. The van der Waals surface area contributed by atoms with E-state index < -0.39 is 0 Å². The first kappa shape index (κ1) is 13.0. The van der Waals surface area contributed by atoms with Crippen LogP contribution in [0, 0.1) is 0 Å². The molecule has 4 heterocycles. The summed E-state index contributed by atoms with van der Waals surface area (Å²) in [6.45, 7) is 5.29. The third-order valence-corrected chi connectivity index (χ3v) is 4.44. The van der Waals surface area contributed by atoms with Crippen molar-refractivity contribution in [1.82, 2.24) is 25.2 Å². The second kappa shape index (κ2) is 5.61. The Morgan fingerprint density at radius 3 is 2.86 bits per heavy atom. The van der Waals surface area contributed by atoms with Gasteiger partial charge in [-0.25, -0.2) is 9.50 Å². The lowest BCUT2D eigenvalue weighted by Gasteiger charge is -2.29. The van der Waals surface area contributed by atoms with E-state index in [1.807, 2.05) is 10.7 Å². The number of aromatic nitrogens is 3. The molecule has 2 aliphatic heterocycles. The fourth-order valence-corrected chi connectivity index (χ4v) is 3.23. The molecule has 0 aromatic carbocycles. The minimum absolute atomic E-state index is 0.321. The summed E-state index contributed by atoms with van der Waals surface area (Å²) in [5.74, 6) is 0.937. The maximum Gasteiger partial charge on any atom is 0.168 e. The molecule has 2 aliphatic rings. The highest BCUT2D eigenvalue weighted by Gasteiger charge is 2.19. The third kappa shape index (κ3) is 2.61. The highest BCUT2D eigenvalue weighted by Crippen LogP contribution is 2.22. The predicted octanol–water partition coefficient (Wildman–Crippen LogP) is 0.953. The summed E-state index contributed by atoms with van der Waals surface area (Å²) in [4.78, 5) is 7.15. The van der Waals surface area contributed by atoms with E-state index in [1.54, 1.807) is 0 Å². The number of nitrogens with one attached hydrogen (secondary N) is 2. The Bertz CT molecular complexity index is 594. The molecule has 0 saturated carbocycles. The topological polar surface area (TPSA) is 57.5 Å². The Morgan fingerprint density at radius 2 is 2.05 bits per heavy atom. The zero-order valence-electron chi connectivity index (χ0n) is 12.3. The second-order valence-corrected chi connectivity index (χ2v) is 5.90. The van der Waals surface area contributed by atoms with Gasteiger partial charge in [0.1, 0.15) is 0 Å². The monoisotopic (exact) mass is 286 g/mol. The lowest BCUT2D eigenvalue weighted by Crippen LogP contribution is -2.43. The van der Waals surface area contributed by atoms with E-state index in [-0.39, 0.29) is 0 Å². The van der Waals surface area contributed by atoms with Gasteiger partial charge in [-0.3, -0.25) is 0 Å². The SMILES string of the molecule is c1cn2nc(C3CCCCN3)nc2cc1N1CCNCC1. The summed E-state index contributed by atoms with van der Waals surface area (Å²) in [5.41, 5.74) is 2.20. The van der Waals surface area contributed by atoms with Crippen molar-refractivity contribution in [2.45, 2.75) is 25.3 Å². The third-order valence-electron chi connectivity index (χ3n) is 4.44. The molecule has 2 saturated heterocycles. The van der Waals surface area contributed by atoms with Gasteiger partial charge in [0.2, 0.25) is 0 Å². The summed E-state index contributed by atoms with van der Waals surface area (Å²) in [6.07, 6.45) is 5.70. The van der Waals surface area contributed by atoms with Gasteiger partial charge in [0.25, 0.3) is 0 Å². The minimum atomic E-state index is 0.321. The van der Waals surface area contributed by atoms with Gasteiger partial charge in [0.15, 0.2) is 11.5 Å². The number of piperidine rings is 1. The van der Waals surface area contributed by atoms with Crippen molar-refractivity contribution in [2.75, 3.05) is 37.6 Å². The van der Waals surface area contributed by atoms with E-state index in [9.17, 15) is 0 Å². The number of hydrogen-bond acceptors (Lipinski definition) is 5. The van der Waals surface area contributed by atoms with Crippen LogP contribution in [0.1, 0.15) is 31.1 Å². The van der Waals surface area contributed by atoms with Crippen molar-refractivity contribution in [2.24, 2.45) is 0 Å². The molecule has 6 nitrogen and oxygen atoms in total. The van der Waals surface area contributed by atoms with Gasteiger partial charge < -0.3 is 15.5 Å². The molecule has 2 fully saturated rings. The van der Waals surface area contributed by atoms with Crippen LogP contribution in [-0.2, 0) is 0 Å². The molecule has 112 valence electrons. The zero-order chi connectivity index (χ0) is 14.1. The van der Waals surface area contributed by atoms with Gasteiger partial charge in [0, 0.05) is 44.1 Å². The number of nitrogens with zero attached hydrogens (tertiary/aromatic N) is 4. The molecular weight excluding hydrogens is 264 g/mol. The fourth-order valence-electron chi connectivity index (χ4n) is 3.23. The van der Waals surface area contributed by atoms with Gasteiger partial charge >= 0.3 is 0 Å². The molecule has 1 unspecified atom stereocenters. The number of hydrogen-bond donors (Lipinski definition) is 2. The van der Waals surface area contributed by atoms with E-state index >= 15 is 0 Å². The van der Waals surface area contributed by atoms with Gasteiger partial charge in [0.05, 0.1) is 6.04 Å². The standard InChI is InChI=1S/C15H22N6/c1-2-5-17-13(3-1)15-18-14-11-12(4-8-21(14)19-15)20-9-6-16-7-10-20/h4,8,11,13,16-17H,1-3,5-7,9-10H2. The Balaban J connectivity index is 1.61. The smallest absolute Gasteiger partial charge is 0.168 e. The van der Waals surface area contributed by atoms with E-state index in [1.165, 1.54) is 18.5 Å². The molecule has 0 bridgehead atoms. The van der Waals surface area contributed by atoms with Gasteiger partial charge in [-0.1, -0.05) is 6.42 Å². The number of rotatable bonds is 2.